The summed E-state index contributed by atoms with van der Waals surface area (Å²) in [6, 6.07) is 13.6. The Balaban J connectivity index is 2.09. The molecule has 0 spiro atoms. The lowest BCUT2D eigenvalue weighted by Crippen LogP contribution is -2.19. The first kappa shape index (κ1) is 14.6. The average molecular weight is 284 g/mol. The number of benzene rings is 2. The number of nitrogens with zero attached hydrogens (tertiary/aromatic N) is 1. The number of aromatic hydroxyl groups is 1. The molecule has 2 aromatic carbocycles. The van der Waals surface area contributed by atoms with Crippen LogP contribution in [0.3, 0.4) is 0 Å². The molecule has 2 aromatic rings. The smallest absolute Gasteiger partial charge is 0.275 e. The van der Waals surface area contributed by atoms with Gasteiger partial charge in [0.2, 0.25) is 0 Å². The van der Waals surface area contributed by atoms with Crippen molar-refractivity contribution in [3.05, 3.63) is 59.7 Å². The number of carbonyl (C=O) groups is 1. The number of para-hydroxylation sites is 1. The van der Waals surface area contributed by atoms with E-state index in [-0.39, 0.29) is 11.3 Å². The van der Waals surface area contributed by atoms with Gasteiger partial charge in [-0.1, -0.05) is 12.1 Å². The zero-order valence-electron chi connectivity index (χ0n) is 11.8. The first-order valence-corrected chi connectivity index (χ1v) is 6.39. The number of rotatable bonds is 4. The largest absolute Gasteiger partial charge is 0.507 e. The summed E-state index contributed by atoms with van der Waals surface area (Å²) in [5, 5.41) is 13.6. The van der Waals surface area contributed by atoms with Gasteiger partial charge in [-0.15, -0.1) is 0 Å². The Morgan fingerprint density at radius 3 is 2.43 bits per heavy atom. The molecule has 0 aromatic heterocycles. The highest BCUT2D eigenvalue weighted by atomic mass is 16.5. The van der Waals surface area contributed by atoms with Crippen molar-refractivity contribution in [2.75, 3.05) is 7.11 Å². The van der Waals surface area contributed by atoms with Gasteiger partial charge in [0.15, 0.2) is 0 Å². The van der Waals surface area contributed by atoms with E-state index in [1.165, 1.54) is 12.1 Å². The van der Waals surface area contributed by atoms with Crippen LogP contribution in [0.15, 0.2) is 53.6 Å². The summed E-state index contributed by atoms with van der Waals surface area (Å²) < 4.78 is 5.08. The summed E-state index contributed by atoms with van der Waals surface area (Å²) in [6.45, 7) is 1.78. The molecule has 21 heavy (non-hydrogen) atoms. The second-order valence-corrected chi connectivity index (χ2v) is 4.38. The van der Waals surface area contributed by atoms with Crippen LogP contribution < -0.4 is 10.2 Å². The number of nitrogens with one attached hydrogen (secondary N) is 1. The van der Waals surface area contributed by atoms with E-state index < -0.39 is 5.91 Å². The lowest BCUT2D eigenvalue weighted by atomic mass is 10.1. The van der Waals surface area contributed by atoms with Gasteiger partial charge in [-0.3, -0.25) is 4.79 Å². The normalized spacial score (nSPS) is 11.0. The second-order valence-electron chi connectivity index (χ2n) is 4.38. The Kier molecular flexibility index (Phi) is 4.56. The van der Waals surface area contributed by atoms with Crippen molar-refractivity contribution < 1.29 is 14.6 Å². The van der Waals surface area contributed by atoms with Gasteiger partial charge in [0.05, 0.1) is 18.4 Å². The van der Waals surface area contributed by atoms with Gasteiger partial charge in [0.1, 0.15) is 11.5 Å². The molecule has 2 N–H and O–H groups in total. The summed E-state index contributed by atoms with van der Waals surface area (Å²) in [6.07, 6.45) is 0. The molecule has 0 radical (unpaired) electrons. The average Bonchev–Trinajstić information content (AvgIpc) is 2.52. The summed E-state index contributed by atoms with van der Waals surface area (Å²) in [5.41, 5.74) is 4.13. The first-order chi connectivity index (χ1) is 10.1. The van der Waals surface area contributed by atoms with Gasteiger partial charge in [-0.25, -0.2) is 5.43 Å². The van der Waals surface area contributed by atoms with Crippen LogP contribution in [0.25, 0.3) is 0 Å². The van der Waals surface area contributed by atoms with Gasteiger partial charge in [0, 0.05) is 0 Å². The van der Waals surface area contributed by atoms with E-state index in [0.717, 1.165) is 11.3 Å². The lowest BCUT2D eigenvalue weighted by Gasteiger charge is -2.05. The number of carbonyl (C=O) groups excluding carboxylic acids is 1. The molecule has 0 saturated heterocycles. The van der Waals surface area contributed by atoms with Gasteiger partial charge in [0.25, 0.3) is 5.91 Å². The zero-order valence-corrected chi connectivity index (χ0v) is 11.8. The van der Waals surface area contributed by atoms with E-state index in [2.05, 4.69) is 10.5 Å². The Bertz CT molecular complexity index is 663. The summed E-state index contributed by atoms with van der Waals surface area (Å²) in [5.74, 6) is 0.220. The molecule has 1 amide bonds. The van der Waals surface area contributed by atoms with Crippen molar-refractivity contribution in [3.8, 4) is 11.5 Å². The van der Waals surface area contributed by atoms with Gasteiger partial charge >= 0.3 is 0 Å². The van der Waals surface area contributed by atoms with Crippen LogP contribution in [0.2, 0.25) is 0 Å². The van der Waals surface area contributed by atoms with E-state index in [9.17, 15) is 9.90 Å². The molecule has 0 unspecified atom stereocenters. The van der Waals surface area contributed by atoms with E-state index in [1.54, 1.807) is 26.2 Å². The molecule has 108 valence electrons. The van der Waals surface area contributed by atoms with Gasteiger partial charge in [-0.2, -0.15) is 5.10 Å². The minimum atomic E-state index is -0.457. The highest BCUT2D eigenvalue weighted by molar-refractivity contribution is 6.01. The third-order valence-electron chi connectivity index (χ3n) is 2.98. The van der Waals surface area contributed by atoms with Crippen LogP contribution in [-0.4, -0.2) is 23.8 Å². The molecule has 5 nitrogen and oxygen atoms in total. The van der Waals surface area contributed by atoms with Crippen LogP contribution in [-0.2, 0) is 0 Å². The Morgan fingerprint density at radius 1 is 1.14 bits per heavy atom. The maximum Gasteiger partial charge on any atom is 0.275 e. The van der Waals surface area contributed by atoms with Crippen LogP contribution >= 0.6 is 0 Å². The molecule has 0 heterocycles. The molecular formula is C16H16N2O3. The number of ether oxygens (including phenoxy) is 1. The number of hydrazone groups is 1. The molecule has 2 rings (SSSR count). The Hall–Kier alpha value is -2.82. The lowest BCUT2D eigenvalue weighted by molar-refractivity contribution is 0.0952. The van der Waals surface area contributed by atoms with Crippen LogP contribution in [0.5, 0.6) is 11.5 Å². The number of hydrogen-bond acceptors (Lipinski definition) is 4. The molecule has 0 saturated carbocycles. The number of phenols is 1. The molecule has 0 atom stereocenters. The third kappa shape index (κ3) is 3.60. The fraction of sp³-hybridized carbons (Fsp3) is 0.125. The van der Waals surface area contributed by atoms with E-state index >= 15 is 0 Å². The predicted molar refractivity (Wildman–Crippen MR) is 80.8 cm³/mol. The minimum absolute atomic E-state index is 0.0766. The maximum atomic E-state index is 11.9. The van der Waals surface area contributed by atoms with Crippen molar-refractivity contribution in [2.24, 2.45) is 5.10 Å². The second kappa shape index (κ2) is 6.56. The van der Waals surface area contributed by atoms with E-state index in [0.29, 0.717) is 5.71 Å². The molecule has 0 fully saturated rings. The van der Waals surface area contributed by atoms with Gasteiger partial charge in [-0.05, 0) is 48.9 Å². The Labute approximate surface area is 122 Å². The first-order valence-electron chi connectivity index (χ1n) is 6.39. The number of hydrogen-bond donors (Lipinski definition) is 2. The highest BCUT2D eigenvalue weighted by Crippen LogP contribution is 2.15. The monoisotopic (exact) mass is 284 g/mol. The number of amides is 1. The molecule has 0 aliphatic heterocycles. The van der Waals surface area contributed by atoms with Crippen LogP contribution in [0, 0.1) is 0 Å². The zero-order chi connectivity index (χ0) is 15.2. The van der Waals surface area contributed by atoms with Crippen LogP contribution in [0.1, 0.15) is 22.8 Å². The molecule has 0 bridgehead atoms. The molecule has 0 aliphatic carbocycles. The fourth-order valence-electron chi connectivity index (χ4n) is 1.76. The van der Waals surface area contributed by atoms with E-state index in [4.69, 9.17) is 4.74 Å². The SMILES string of the molecule is COc1ccc(C(C)=NNC(=O)c2ccccc2O)cc1. The van der Waals surface area contributed by atoms with Crippen LogP contribution in [0.4, 0.5) is 0 Å². The standard InChI is InChI=1S/C16H16N2O3/c1-11(12-7-9-13(21-2)10-8-12)17-18-16(20)14-5-3-4-6-15(14)19/h3-10,19H,1-2H3,(H,18,20). The van der Waals surface area contributed by atoms with Crippen molar-refractivity contribution in [2.45, 2.75) is 6.92 Å². The van der Waals surface area contributed by atoms with E-state index in [1.807, 2.05) is 24.3 Å². The minimum Gasteiger partial charge on any atom is -0.507 e. The molecular weight excluding hydrogens is 268 g/mol. The summed E-state index contributed by atoms with van der Waals surface area (Å²) in [4.78, 5) is 11.9. The summed E-state index contributed by atoms with van der Waals surface area (Å²) >= 11 is 0. The maximum absolute atomic E-state index is 11.9. The predicted octanol–water partition coefficient (Wildman–Crippen LogP) is 2.55. The Morgan fingerprint density at radius 2 is 1.81 bits per heavy atom. The van der Waals surface area contributed by atoms with Crippen molar-refractivity contribution in [1.82, 2.24) is 5.43 Å². The topological polar surface area (TPSA) is 70.9 Å². The van der Waals surface area contributed by atoms with Gasteiger partial charge < -0.3 is 9.84 Å². The van der Waals surface area contributed by atoms with Crippen molar-refractivity contribution in [1.29, 1.82) is 0 Å². The molecule has 5 heteroatoms. The summed E-state index contributed by atoms with van der Waals surface area (Å²) in [7, 11) is 1.60. The van der Waals surface area contributed by atoms with Crippen molar-refractivity contribution in [3.63, 3.8) is 0 Å². The fourth-order valence-corrected chi connectivity index (χ4v) is 1.76. The third-order valence-corrected chi connectivity index (χ3v) is 2.98. The number of methoxy groups -OCH3 is 1. The number of phenolic OH excluding ortho intramolecular Hbond substituents is 1. The van der Waals surface area contributed by atoms with Crippen molar-refractivity contribution >= 4 is 11.6 Å². The quantitative estimate of drug-likeness (QED) is 0.669. The molecule has 0 aliphatic rings. The highest BCUT2D eigenvalue weighted by Gasteiger charge is 2.09.